The van der Waals surface area contributed by atoms with Crippen molar-refractivity contribution in [1.82, 2.24) is 9.78 Å². The number of aryl methyl sites for hydroxylation is 2. The molecule has 0 bridgehead atoms. The molecule has 1 aliphatic carbocycles. The maximum Gasteiger partial charge on any atom is 0.104 e. The molecule has 3 nitrogen and oxygen atoms in total. The molecule has 1 heterocycles. The van der Waals surface area contributed by atoms with Gasteiger partial charge >= 0.3 is 0 Å². The van der Waals surface area contributed by atoms with Crippen molar-refractivity contribution in [3.8, 4) is 0 Å². The van der Waals surface area contributed by atoms with Crippen LogP contribution in [0, 0.1) is 12.8 Å². The number of rotatable bonds is 3. The lowest BCUT2D eigenvalue weighted by molar-refractivity contribution is 0.0329. The highest BCUT2D eigenvalue weighted by atomic mass is 16.3. The van der Waals surface area contributed by atoms with E-state index in [0.717, 1.165) is 23.6 Å². The van der Waals surface area contributed by atoms with Crippen molar-refractivity contribution in [2.24, 2.45) is 13.0 Å². The van der Waals surface area contributed by atoms with Crippen LogP contribution < -0.4 is 0 Å². The second-order valence-corrected chi connectivity index (χ2v) is 4.72. The second kappa shape index (κ2) is 3.09. The van der Waals surface area contributed by atoms with Crippen LogP contribution in [-0.4, -0.2) is 14.9 Å². The summed E-state index contributed by atoms with van der Waals surface area (Å²) in [5, 5.41) is 14.6. The van der Waals surface area contributed by atoms with Crippen molar-refractivity contribution in [3.63, 3.8) is 0 Å². The average Bonchev–Trinajstić information content (AvgIpc) is 2.77. The van der Waals surface area contributed by atoms with Crippen LogP contribution in [0.1, 0.15) is 37.4 Å². The maximum atomic E-state index is 10.4. The van der Waals surface area contributed by atoms with Crippen LogP contribution in [0.5, 0.6) is 0 Å². The van der Waals surface area contributed by atoms with E-state index in [1.54, 1.807) is 4.68 Å². The minimum Gasteiger partial charge on any atom is -0.384 e. The lowest BCUT2D eigenvalue weighted by Crippen LogP contribution is -2.26. The van der Waals surface area contributed by atoms with E-state index in [1.165, 1.54) is 12.8 Å². The lowest BCUT2D eigenvalue weighted by Gasteiger charge is -2.24. The quantitative estimate of drug-likeness (QED) is 0.795. The molecule has 78 valence electrons. The van der Waals surface area contributed by atoms with Gasteiger partial charge in [-0.15, -0.1) is 0 Å². The largest absolute Gasteiger partial charge is 0.384 e. The average molecular weight is 194 g/mol. The topological polar surface area (TPSA) is 38.0 Å². The molecule has 2 rings (SSSR count). The molecular weight excluding hydrogens is 176 g/mol. The summed E-state index contributed by atoms with van der Waals surface area (Å²) < 4.78 is 1.79. The summed E-state index contributed by atoms with van der Waals surface area (Å²) >= 11 is 0. The molecule has 1 aliphatic rings. The Hall–Kier alpha value is -0.830. The fourth-order valence-corrected chi connectivity index (χ4v) is 2.30. The lowest BCUT2D eigenvalue weighted by atomic mass is 9.93. The van der Waals surface area contributed by atoms with Gasteiger partial charge in [-0.1, -0.05) is 12.8 Å². The highest BCUT2D eigenvalue weighted by molar-refractivity contribution is 5.22. The van der Waals surface area contributed by atoms with Crippen molar-refractivity contribution in [2.75, 3.05) is 0 Å². The van der Waals surface area contributed by atoms with Gasteiger partial charge in [0.25, 0.3) is 0 Å². The van der Waals surface area contributed by atoms with Crippen LogP contribution in [0.25, 0.3) is 0 Å². The predicted molar refractivity (Wildman–Crippen MR) is 54.9 cm³/mol. The van der Waals surface area contributed by atoms with Crippen molar-refractivity contribution in [2.45, 2.75) is 38.7 Å². The van der Waals surface area contributed by atoms with Crippen LogP contribution >= 0.6 is 0 Å². The van der Waals surface area contributed by atoms with Crippen LogP contribution in [0.4, 0.5) is 0 Å². The van der Waals surface area contributed by atoms with Crippen LogP contribution in [0.15, 0.2) is 6.20 Å². The third kappa shape index (κ3) is 1.69. The van der Waals surface area contributed by atoms with Gasteiger partial charge in [-0.3, -0.25) is 4.68 Å². The summed E-state index contributed by atoms with van der Waals surface area (Å²) in [6.07, 6.45) is 5.23. The number of nitrogens with zero attached hydrogens (tertiary/aromatic N) is 2. The third-order valence-electron chi connectivity index (χ3n) is 3.01. The SMILES string of the molecule is Cc1cnn(C)c1C(C)(O)CC1CC1. The molecule has 14 heavy (non-hydrogen) atoms. The molecule has 0 saturated heterocycles. The van der Waals surface area contributed by atoms with Gasteiger partial charge in [0.15, 0.2) is 0 Å². The monoisotopic (exact) mass is 194 g/mol. The zero-order chi connectivity index (χ0) is 10.3. The summed E-state index contributed by atoms with van der Waals surface area (Å²) in [6.45, 7) is 3.90. The zero-order valence-electron chi connectivity index (χ0n) is 9.12. The summed E-state index contributed by atoms with van der Waals surface area (Å²) in [6, 6.07) is 0. The minimum atomic E-state index is -0.712. The summed E-state index contributed by atoms with van der Waals surface area (Å²) in [4.78, 5) is 0. The van der Waals surface area contributed by atoms with Gasteiger partial charge in [-0.2, -0.15) is 5.10 Å². The van der Waals surface area contributed by atoms with Gasteiger partial charge in [-0.05, 0) is 31.7 Å². The molecule has 0 aromatic carbocycles. The number of hydrogen-bond acceptors (Lipinski definition) is 2. The molecule has 1 aromatic rings. The van der Waals surface area contributed by atoms with Gasteiger partial charge in [0.2, 0.25) is 0 Å². The predicted octanol–water partition coefficient (Wildman–Crippen LogP) is 1.74. The van der Waals surface area contributed by atoms with Crippen LogP contribution in [-0.2, 0) is 12.6 Å². The first kappa shape index (κ1) is 9.71. The van der Waals surface area contributed by atoms with Gasteiger partial charge < -0.3 is 5.11 Å². The molecule has 0 radical (unpaired) electrons. The molecule has 1 saturated carbocycles. The first-order valence-electron chi connectivity index (χ1n) is 5.22. The summed E-state index contributed by atoms with van der Waals surface area (Å²) in [7, 11) is 1.89. The summed E-state index contributed by atoms with van der Waals surface area (Å²) in [5.41, 5.74) is 1.33. The highest BCUT2D eigenvalue weighted by Gasteiger charge is 2.35. The standard InChI is InChI=1S/C11H18N2O/c1-8-7-12-13(3)10(8)11(2,14)6-9-4-5-9/h7,9,14H,4-6H2,1-3H3. The smallest absolute Gasteiger partial charge is 0.104 e. The molecule has 1 N–H and O–H groups in total. The fraction of sp³-hybridized carbons (Fsp3) is 0.727. The second-order valence-electron chi connectivity index (χ2n) is 4.72. The Morgan fingerprint density at radius 3 is 2.71 bits per heavy atom. The van der Waals surface area contributed by atoms with Gasteiger partial charge in [0, 0.05) is 7.05 Å². The van der Waals surface area contributed by atoms with Crippen molar-refractivity contribution in [3.05, 3.63) is 17.5 Å². The van der Waals surface area contributed by atoms with E-state index in [1.807, 2.05) is 27.1 Å². The molecule has 1 aromatic heterocycles. The first-order chi connectivity index (χ1) is 6.50. The molecular formula is C11H18N2O. The molecule has 0 amide bonds. The number of hydrogen-bond donors (Lipinski definition) is 1. The maximum absolute atomic E-state index is 10.4. The van der Waals surface area contributed by atoms with E-state index in [2.05, 4.69) is 5.10 Å². The molecule has 3 heteroatoms. The number of aliphatic hydroxyl groups is 1. The Labute approximate surface area is 84.7 Å². The van der Waals surface area contributed by atoms with E-state index in [9.17, 15) is 5.11 Å². The third-order valence-corrected chi connectivity index (χ3v) is 3.01. The first-order valence-corrected chi connectivity index (χ1v) is 5.22. The van der Waals surface area contributed by atoms with Crippen LogP contribution in [0.3, 0.4) is 0 Å². The van der Waals surface area contributed by atoms with E-state index >= 15 is 0 Å². The minimum absolute atomic E-state index is 0.712. The highest BCUT2D eigenvalue weighted by Crippen LogP contribution is 2.41. The van der Waals surface area contributed by atoms with Gasteiger partial charge in [0.1, 0.15) is 5.60 Å². The zero-order valence-corrected chi connectivity index (χ0v) is 9.12. The fourth-order valence-electron chi connectivity index (χ4n) is 2.30. The van der Waals surface area contributed by atoms with E-state index in [0.29, 0.717) is 0 Å². The Kier molecular flexibility index (Phi) is 2.14. The Morgan fingerprint density at radius 1 is 1.64 bits per heavy atom. The van der Waals surface area contributed by atoms with E-state index < -0.39 is 5.60 Å². The van der Waals surface area contributed by atoms with E-state index in [-0.39, 0.29) is 0 Å². The van der Waals surface area contributed by atoms with Crippen molar-refractivity contribution >= 4 is 0 Å². The number of aromatic nitrogens is 2. The molecule has 1 unspecified atom stereocenters. The molecule has 1 atom stereocenters. The normalized spacial score (nSPS) is 20.9. The van der Waals surface area contributed by atoms with E-state index in [4.69, 9.17) is 0 Å². The van der Waals surface area contributed by atoms with Gasteiger partial charge in [-0.25, -0.2) is 0 Å². The van der Waals surface area contributed by atoms with Gasteiger partial charge in [0.05, 0.1) is 11.9 Å². The Bertz CT molecular complexity index is 318. The Morgan fingerprint density at radius 2 is 2.29 bits per heavy atom. The molecule has 0 spiro atoms. The van der Waals surface area contributed by atoms with Crippen molar-refractivity contribution in [1.29, 1.82) is 0 Å². The molecule has 0 aliphatic heterocycles. The summed E-state index contributed by atoms with van der Waals surface area (Å²) in [5.74, 6) is 0.722. The molecule has 1 fully saturated rings. The van der Waals surface area contributed by atoms with Crippen LogP contribution in [0.2, 0.25) is 0 Å². The Balaban J connectivity index is 2.26. The van der Waals surface area contributed by atoms with Crippen molar-refractivity contribution < 1.29 is 5.11 Å².